The van der Waals surface area contributed by atoms with E-state index >= 15 is 0 Å². The highest BCUT2D eigenvalue weighted by atomic mass is 16.5. The van der Waals surface area contributed by atoms with E-state index in [1.165, 1.54) is 0 Å². The Bertz CT molecular complexity index is 1140. The third-order valence-corrected chi connectivity index (χ3v) is 5.79. The summed E-state index contributed by atoms with van der Waals surface area (Å²) in [6.07, 6.45) is 0.392. The molecule has 3 aromatic carbocycles. The molecule has 0 saturated heterocycles. The van der Waals surface area contributed by atoms with Gasteiger partial charge in [0.2, 0.25) is 5.91 Å². The van der Waals surface area contributed by atoms with Crippen LogP contribution in [0.3, 0.4) is 0 Å². The quantitative estimate of drug-likeness (QED) is 0.439. The molecular weight excluding hydrogens is 452 g/mol. The number of benzene rings is 3. The van der Waals surface area contributed by atoms with E-state index in [9.17, 15) is 9.59 Å². The summed E-state index contributed by atoms with van der Waals surface area (Å²) >= 11 is 0. The van der Waals surface area contributed by atoms with Gasteiger partial charge in [-0.05, 0) is 68.7 Å². The molecule has 3 aromatic rings. The zero-order valence-corrected chi connectivity index (χ0v) is 21.8. The number of nitrogens with zero attached hydrogens (tertiary/aromatic N) is 1. The summed E-state index contributed by atoms with van der Waals surface area (Å²) in [5, 5.41) is 3.07. The lowest BCUT2D eigenvalue weighted by atomic mass is 10.00. The summed E-state index contributed by atoms with van der Waals surface area (Å²) in [5.74, 6) is 0.798. The monoisotopic (exact) mass is 488 g/mol. The minimum Gasteiger partial charge on any atom is -0.497 e. The first-order valence-corrected chi connectivity index (χ1v) is 12.1. The lowest BCUT2D eigenvalue weighted by Crippen LogP contribution is -2.55. The van der Waals surface area contributed by atoms with Gasteiger partial charge in [0.25, 0.3) is 5.91 Å². The maximum atomic E-state index is 13.7. The average Bonchev–Trinajstić information content (AvgIpc) is 2.85. The van der Waals surface area contributed by atoms with E-state index in [-0.39, 0.29) is 18.4 Å². The predicted molar refractivity (Wildman–Crippen MR) is 142 cm³/mol. The van der Waals surface area contributed by atoms with Gasteiger partial charge in [0.15, 0.2) is 6.61 Å². The number of rotatable bonds is 10. The molecule has 0 aliphatic carbocycles. The standard InChI is InChI=1S/C30H36N2O4/c1-22-11-9-10-14-24(22)20-32(28(33)21-36-26-17-15-25(35-5)16-18-26)27(29(34)31-30(2,3)4)19-23-12-7-6-8-13-23/h6-18,27H,19-21H2,1-5H3,(H,31,34)/t27-/m1/s1. The summed E-state index contributed by atoms with van der Waals surface area (Å²) in [5.41, 5.74) is 2.58. The molecule has 2 amide bonds. The van der Waals surface area contributed by atoms with Crippen molar-refractivity contribution in [2.75, 3.05) is 13.7 Å². The predicted octanol–water partition coefficient (Wildman–Crippen LogP) is 4.94. The molecule has 6 nitrogen and oxygen atoms in total. The van der Waals surface area contributed by atoms with Crippen molar-refractivity contribution < 1.29 is 19.1 Å². The van der Waals surface area contributed by atoms with E-state index in [0.717, 1.165) is 16.7 Å². The largest absolute Gasteiger partial charge is 0.497 e. The second kappa shape index (κ2) is 12.2. The average molecular weight is 489 g/mol. The van der Waals surface area contributed by atoms with E-state index in [2.05, 4.69) is 5.32 Å². The minimum atomic E-state index is -0.710. The number of aryl methyl sites for hydroxylation is 1. The van der Waals surface area contributed by atoms with Crippen molar-refractivity contribution in [3.05, 3.63) is 95.6 Å². The molecule has 0 aromatic heterocycles. The first-order chi connectivity index (χ1) is 17.2. The van der Waals surface area contributed by atoms with Crippen molar-refractivity contribution in [2.24, 2.45) is 0 Å². The van der Waals surface area contributed by atoms with Gasteiger partial charge in [-0.15, -0.1) is 0 Å². The molecule has 6 heteroatoms. The first kappa shape index (κ1) is 26.8. The normalized spacial score (nSPS) is 11.9. The molecule has 0 aliphatic heterocycles. The van der Waals surface area contributed by atoms with Gasteiger partial charge in [0.05, 0.1) is 7.11 Å². The number of ether oxygens (including phenoxy) is 2. The highest BCUT2D eigenvalue weighted by Gasteiger charge is 2.32. The van der Waals surface area contributed by atoms with Crippen LogP contribution in [-0.2, 0) is 22.6 Å². The zero-order chi connectivity index (χ0) is 26.1. The second-order valence-electron chi connectivity index (χ2n) is 9.86. The highest BCUT2D eigenvalue weighted by Crippen LogP contribution is 2.20. The highest BCUT2D eigenvalue weighted by molar-refractivity contribution is 5.89. The molecule has 0 unspecified atom stereocenters. The number of carbonyl (C=O) groups is 2. The maximum Gasteiger partial charge on any atom is 0.261 e. The van der Waals surface area contributed by atoms with Gasteiger partial charge in [-0.1, -0.05) is 54.6 Å². The summed E-state index contributed by atoms with van der Waals surface area (Å²) in [6, 6.07) is 24.0. The molecule has 1 atom stereocenters. The number of methoxy groups -OCH3 is 1. The van der Waals surface area contributed by atoms with Gasteiger partial charge >= 0.3 is 0 Å². The van der Waals surface area contributed by atoms with Crippen LogP contribution >= 0.6 is 0 Å². The van der Waals surface area contributed by atoms with Crippen molar-refractivity contribution in [3.8, 4) is 11.5 Å². The van der Waals surface area contributed by atoms with Crippen LogP contribution in [-0.4, -0.2) is 42.0 Å². The Hall–Kier alpha value is -3.80. The Labute approximate surface area is 214 Å². The van der Waals surface area contributed by atoms with Gasteiger partial charge in [0.1, 0.15) is 17.5 Å². The van der Waals surface area contributed by atoms with Crippen LogP contribution in [0.25, 0.3) is 0 Å². The van der Waals surface area contributed by atoms with Crippen LogP contribution in [0.5, 0.6) is 11.5 Å². The topological polar surface area (TPSA) is 67.9 Å². The van der Waals surface area contributed by atoms with Crippen LogP contribution in [0.4, 0.5) is 0 Å². The summed E-state index contributed by atoms with van der Waals surface area (Å²) in [7, 11) is 1.60. The second-order valence-corrected chi connectivity index (χ2v) is 9.86. The van der Waals surface area contributed by atoms with Crippen molar-refractivity contribution in [3.63, 3.8) is 0 Å². The number of carbonyl (C=O) groups excluding carboxylic acids is 2. The van der Waals surface area contributed by atoms with Crippen LogP contribution in [0.1, 0.15) is 37.5 Å². The first-order valence-electron chi connectivity index (χ1n) is 12.1. The molecule has 3 rings (SSSR count). The fourth-order valence-electron chi connectivity index (χ4n) is 3.88. The molecule has 190 valence electrons. The molecule has 0 fully saturated rings. The fourth-order valence-corrected chi connectivity index (χ4v) is 3.88. The Morgan fingerprint density at radius 2 is 1.50 bits per heavy atom. The smallest absolute Gasteiger partial charge is 0.261 e. The Kier molecular flexibility index (Phi) is 9.12. The van der Waals surface area contributed by atoms with E-state index in [1.807, 2.05) is 82.3 Å². The molecule has 0 heterocycles. The van der Waals surface area contributed by atoms with Crippen molar-refractivity contribution >= 4 is 11.8 Å². The van der Waals surface area contributed by atoms with Crippen LogP contribution in [0.15, 0.2) is 78.9 Å². The van der Waals surface area contributed by atoms with Crippen molar-refractivity contribution in [2.45, 2.75) is 52.2 Å². The molecule has 0 aliphatic rings. The van der Waals surface area contributed by atoms with Crippen molar-refractivity contribution in [1.29, 1.82) is 0 Å². The Morgan fingerprint density at radius 1 is 0.889 bits per heavy atom. The fraction of sp³-hybridized carbons (Fsp3) is 0.333. The van der Waals surface area contributed by atoms with Crippen LogP contribution in [0, 0.1) is 6.92 Å². The molecule has 1 N–H and O–H groups in total. The number of nitrogens with one attached hydrogen (secondary N) is 1. The van der Waals surface area contributed by atoms with E-state index in [4.69, 9.17) is 9.47 Å². The van der Waals surface area contributed by atoms with Crippen LogP contribution < -0.4 is 14.8 Å². The van der Waals surface area contributed by atoms with Gasteiger partial charge in [-0.2, -0.15) is 0 Å². The molecule has 0 spiro atoms. The van der Waals surface area contributed by atoms with E-state index < -0.39 is 11.6 Å². The molecule has 0 bridgehead atoms. The Morgan fingerprint density at radius 3 is 2.11 bits per heavy atom. The summed E-state index contributed by atoms with van der Waals surface area (Å²) in [4.78, 5) is 28.9. The number of amides is 2. The number of hydrogen-bond acceptors (Lipinski definition) is 4. The van der Waals surface area contributed by atoms with Gasteiger partial charge in [0, 0.05) is 18.5 Å². The molecular formula is C30H36N2O4. The van der Waals surface area contributed by atoms with Crippen molar-refractivity contribution in [1.82, 2.24) is 10.2 Å². The Balaban J connectivity index is 1.92. The van der Waals surface area contributed by atoms with Crippen LogP contribution in [0.2, 0.25) is 0 Å². The van der Waals surface area contributed by atoms with Gasteiger partial charge in [-0.25, -0.2) is 0 Å². The SMILES string of the molecule is COc1ccc(OCC(=O)N(Cc2ccccc2C)[C@H](Cc2ccccc2)C(=O)NC(C)(C)C)cc1. The summed E-state index contributed by atoms with van der Waals surface area (Å²) in [6.45, 7) is 7.92. The lowest BCUT2D eigenvalue weighted by molar-refractivity contribution is -0.143. The number of hydrogen-bond donors (Lipinski definition) is 1. The third-order valence-electron chi connectivity index (χ3n) is 5.79. The summed E-state index contributed by atoms with van der Waals surface area (Å²) < 4.78 is 11.0. The molecule has 36 heavy (non-hydrogen) atoms. The van der Waals surface area contributed by atoms with E-state index in [1.54, 1.807) is 36.3 Å². The minimum absolute atomic E-state index is 0.188. The van der Waals surface area contributed by atoms with Gasteiger partial charge in [-0.3, -0.25) is 9.59 Å². The zero-order valence-electron chi connectivity index (χ0n) is 21.8. The van der Waals surface area contributed by atoms with Gasteiger partial charge < -0.3 is 19.7 Å². The third kappa shape index (κ3) is 7.87. The maximum absolute atomic E-state index is 13.7. The van der Waals surface area contributed by atoms with E-state index in [0.29, 0.717) is 24.5 Å². The molecule has 0 saturated carbocycles. The molecule has 0 radical (unpaired) electrons. The lowest BCUT2D eigenvalue weighted by Gasteiger charge is -2.34.